The lowest BCUT2D eigenvalue weighted by atomic mass is 9.95. The molecule has 0 heterocycles. The van der Waals surface area contributed by atoms with Gasteiger partial charge in [-0.2, -0.15) is 0 Å². The van der Waals surface area contributed by atoms with Crippen molar-refractivity contribution in [3.63, 3.8) is 0 Å². The van der Waals surface area contributed by atoms with E-state index in [4.69, 9.17) is 4.74 Å². The predicted octanol–water partition coefficient (Wildman–Crippen LogP) is 1.06. The van der Waals surface area contributed by atoms with Crippen LogP contribution in [-0.4, -0.2) is 38.3 Å². The maximum Gasteiger partial charge on any atom is 0.234 e. The summed E-state index contributed by atoms with van der Waals surface area (Å²) < 4.78 is 4.99. The summed E-state index contributed by atoms with van der Waals surface area (Å²) in [5.41, 5.74) is 0. The molecule has 0 aliphatic heterocycles. The molecule has 1 aliphatic carbocycles. The standard InChI is InChI=1S/C12H24N2O2/c1-10(9-16-2)13-8-12(15)14-11-6-4-3-5-7-11/h10-11,13H,3-9H2,1-2H3,(H,14,15). The van der Waals surface area contributed by atoms with Crippen LogP contribution in [0.3, 0.4) is 0 Å². The van der Waals surface area contributed by atoms with Crippen LogP contribution in [0, 0.1) is 0 Å². The summed E-state index contributed by atoms with van der Waals surface area (Å²) in [5.74, 6) is 0.106. The summed E-state index contributed by atoms with van der Waals surface area (Å²) >= 11 is 0. The Hall–Kier alpha value is -0.610. The van der Waals surface area contributed by atoms with E-state index in [2.05, 4.69) is 10.6 Å². The maximum atomic E-state index is 11.6. The van der Waals surface area contributed by atoms with Crippen LogP contribution < -0.4 is 10.6 Å². The van der Waals surface area contributed by atoms with Crippen molar-refractivity contribution in [2.45, 2.75) is 51.1 Å². The topological polar surface area (TPSA) is 50.4 Å². The molecule has 94 valence electrons. The molecule has 0 bridgehead atoms. The first-order valence-electron chi connectivity index (χ1n) is 6.24. The first-order valence-corrected chi connectivity index (χ1v) is 6.24. The Kier molecular flexibility index (Phi) is 6.42. The predicted molar refractivity (Wildman–Crippen MR) is 64.4 cm³/mol. The molecule has 0 aromatic carbocycles. The fraction of sp³-hybridized carbons (Fsp3) is 0.917. The smallest absolute Gasteiger partial charge is 0.234 e. The average molecular weight is 228 g/mol. The van der Waals surface area contributed by atoms with E-state index in [-0.39, 0.29) is 11.9 Å². The average Bonchev–Trinajstić information content (AvgIpc) is 2.28. The highest BCUT2D eigenvalue weighted by molar-refractivity contribution is 5.78. The molecule has 2 N–H and O–H groups in total. The van der Waals surface area contributed by atoms with Gasteiger partial charge in [0.2, 0.25) is 5.91 Å². The van der Waals surface area contributed by atoms with Crippen LogP contribution in [0.2, 0.25) is 0 Å². The second-order valence-electron chi connectivity index (χ2n) is 4.64. The molecule has 1 saturated carbocycles. The number of methoxy groups -OCH3 is 1. The Balaban J connectivity index is 2.10. The van der Waals surface area contributed by atoms with Gasteiger partial charge in [0.25, 0.3) is 0 Å². The normalized spacial score (nSPS) is 19.4. The van der Waals surface area contributed by atoms with E-state index in [1.54, 1.807) is 7.11 Å². The number of carbonyl (C=O) groups is 1. The first kappa shape index (κ1) is 13.5. The van der Waals surface area contributed by atoms with Crippen molar-refractivity contribution < 1.29 is 9.53 Å². The summed E-state index contributed by atoms with van der Waals surface area (Å²) in [6, 6.07) is 0.628. The van der Waals surface area contributed by atoms with Crippen LogP contribution >= 0.6 is 0 Å². The molecule has 1 unspecified atom stereocenters. The minimum atomic E-state index is 0.106. The molecule has 0 saturated heterocycles. The third kappa shape index (κ3) is 5.47. The molecule has 1 rings (SSSR count). The van der Waals surface area contributed by atoms with Crippen molar-refractivity contribution >= 4 is 5.91 Å². The maximum absolute atomic E-state index is 11.6. The van der Waals surface area contributed by atoms with E-state index in [1.807, 2.05) is 6.92 Å². The lowest BCUT2D eigenvalue weighted by Crippen LogP contribution is -2.44. The SMILES string of the molecule is COCC(C)NCC(=O)NC1CCCCC1. The molecule has 0 aromatic rings. The third-order valence-electron chi connectivity index (χ3n) is 3.00. The van der Waals surface area contributed by atoms with Crippen molar-refractivity contribution in [2.75, 3.05) is 20.3 Å². The Morgan fingerprint density at radius 3 is 2.69 bits per heavy atom. The Morgan fingerprint density at radius 2 is 2.06 bits per heavy atom. The van der Waals surface area contributed by atoms with Crippen molar-refractivity contribution in [2.24, 2.45) is 0 Å². The monoisotopic (exact) mass is 228 g/mol. The fourth-order valence-electron chi connectivity index (χ4n) is 2.10. The summed E-state index contributed by atoms with van der Waals surface area (Å²) in [5, 5.41) is 6.21. The zero-order valence-corrected chi connectivity index (χ0v) is 10.4. The second kappa shape index (κ2) is 7.63. The van der Waals surface area contributed by atoms with Crippen molar-refractivity contribution in [1.82, 2.24) is 10.6 Å². The van der Waals surface area contributed by atoms with Crippen LogP contribution in [0.15, 0.2) is 0 Å². The van der Waals surface area contributed by atoms with Crippen LogP contribution in [0.5, 0.6) is 0 Å². The molecule has 16 heavy (non-hydrogen) atoms. The van der Waals surface area contributed by atoms with Gasteiger partial charge in [0, 0.05) is 19.2 Å². The van der Waals surface area contributed by atoms with Gasteiger partial charge in [-0.1, -0.05) is 19.3 Å². The van der Waals surface area contributed by atoms with E-state index in [1.165, 1.54) is 19.3 Å². The molecule has 0 spiro atoms. The number of rotatable bonds is 6. The van der Waals surface area contributed by atoms with Crippen molar-refractivity contribution in [1.29, 1.82) is 0 Å². The molecule has 1 fully saturated rings. The second-order valence-corrected chi connectivity index (χ2v) is 4.64. The fourth-order valence-corrected chi connectivity index (χ4v) is 2.10. The van der Waals surface area contributed by atoms with Gasteiger partial charge in [-0.25, -0.2) is 0 Å². The van der Waals surface area contributed by atoms with Gasteiger partial charge in [0.05, 0.1) is 13.2 Å². The number of amides is 1. The third-order valence-corrected chi connectivity index (χ3v) is 3.00. The van der Waals surface area contributed by atoms with E-state index < -0.39 is 0 Å². The quantitative estimate of drug-likeness (QED) is 0.714. The van der Waals surface area contributed by atoms with Crippen molar-refractivity contribution in [3.8, 4) is 0 Å². The van der Waals surface area contributed by atoms with Crippen LogP contribution in [-0.2, 0) is 9.53 Å². The Labute approximate surface area is 98.1 Å². The minimum absolute atomic E-state index is 0.106. The van der Waals surface area contributed by atoms with Crippen molar-refractivity contribution in [3.05, 3.63) is 0 Å². The van der Waals surface area contributed by atoms with Crippen LogP contribution in [0.4, 0.5) is 0 Å². The van der Waals surface area contributed by atoms with Gasteiger partial charge in [0.15, 0.2) is 0 Å². The summed E-state index contributed by atoms with van der Waals surface area (Å²) in [4.78, 5) is 11.6. The largest absolute Gasteiger partial charge is 0.383 e. The number of carbonyl (C=O) groups excluding carboxylic acids is 1. The molecule has 1 atom stereocenters. The molecule has 0 aromatic heterocycles. The molecule has 4 heteroatoms. The van der Waals surface area contributed by atoms with Gasteiger partial charge < -0.3 is 15.4 Å². The number of nitrogens with one attached hydrogen (secondary N) is 2. The van der Waals surface area contributed by atoms with Crippen LogP contribution in [0.25, 0.3) is 0 Å². The summed E-state index contributed by atoms with van der Waals surface area (Å²) in [7, 11) is 1.67. The first-order chi connectivity index (χ1) is 7.72. The molecular weight excluding hydrogens is 204 g/mol. The minimum Gasteiger partial charge on any atom is -0.383 e. The number of hydrogen-bond donors (Lipinski definition) is 2. The molecular formula is C12H24N2O2. The lowest BCUT2D eigenvalue weighted by molar-refractivity contribution is -0.121. The van der Waals surface area contributed by atoms with Crippen LogP contribution in [0.1, 0.15) is 39.0 Å². The van der Waals surface area contributed by atoms with E-state index >= 15 is 0 Å². The van der Waals surface area contributed by atoms with E-state index in [9.17, 15) is 4.79 Å². The number of ether oxygens (including phenoxy) is 1. The molecule has 1 amide bonds. The van der Waals surface area contributed by atoms with Gasteiger partial charge in [-0.15, -0.1) is 0 Å². The summed E-state index contributed by atoms with van der Waals surface area (Å²) in [6.07, 6.45) is 6.09. The zero-order chi connectivity index (χ0) is 11.8. The lowest BCUT2D eigenvalue weighted by Gasteiger charge is -2.23. The molecule has 4 nitrogen and oxygen atoms in total. The number of hydrogen-bond acceptors (Lipinski definition) is 3. The van der Waals surface area contributed by atoms with Gasteiger partial charge in [0.1, 0.15) is 0 Å². The Bertz CT molecular complexity index is 203. The van der Waals surface area contributed by atoms with Gasteiger partial charge in [-0.05, 0) is 19.8 Å². The molecule has 0 radical (unpaired) electrons. The highest BCUT2D eigenvalue weighted by Gasteiger charge is 2.15. The summed E-state index contributed by atoms with van der Waals surface area (Å²) in [6.45, 7) is 3.04. The van der Waals surface area contributed by atoms with E-state index in [0.717, 1.165) is 12.8 Å². The van der Waals surface area contributed by atoms with Gasteiger partial charge >= 0.3 is 0 Å². The highest BCUT2D eigenvalue weighted by atomic mass is 16.5. The van der Waals surface area contributed by atoms with Gasteiger partial charge in [-0.3, -0.25) is 4.79 Å². The molecule has 1 aliphatic rings. The van der Waals surface area contributed by atoms with E-state index in [0.29, 0.717) is 19.2 Å². The highest BCUT2D eigenvalue weighted by Crippen LogP contribution is 2.16. The zero-order valence-electron chi connectivity index (χ0n) is 10.4. The Morgan fingerprint density at radius 1 is 1.38 bits per heavy atom.